The van der Waals surface area contributed by atoms with Gasteiger partial charge in [0, 0.05) is 19.0 Å². The van der Waals surface area contributed by atoms with Gasteiger partial charge in [0.1, 0.15) is 5.60 Å². The van der Waals surface area contributed by atoms with Gasteiger partial charge in [0.15, 0.2) is 0 Å². The van der Waals surface area contributed by atoms with E-state index in [9.17, 15) is 14.7 Å². The Balaban J connectivity index is 4.25. The number of aliphatic hydroxyl groups is 1. The van der Waals surface area contributed by atoms with E-state index in [-0.39, 0.29) is 31.7 Å². The first-order valence-electron chi connectivity index (χ1n) is 9.68. The third-order valence-electron chi connectivity index (χ3n) is 3.97. The maximum absolute atomic E-state index is 12.4. The first kappa shape index (κ1) is 24.4. The van der Waals surface area contributed by atoms with Crippen LogP contribution in [0.1, 0.15) is 79.1 Å². The summed E-state index contributed by atoms with van der Waals surface area (Å²) in [4.78, 5) is 24.4. The quantitative estimate of drug-likeness (QED) is 0.371. The standard InChI is InChI=1S/C20H37NO5/c1-5-17(21(15-16-22)19(25)26-20(2,3)4)13-11-9-7-6-8-10-12-14-18(23)24/h6,8,17,22H,5,7,9-16H2,1-4H3,(H,23,24)/b8-6+. The highest BCUT2D eigenvalue weighted by Gasteiger charge is 2.26. The van der Waals surface area contributed by atoms with Gasteiger partial charge in [-0.2, -0.15) is 0 Å². The highest BCUT2D eigenvalue weighted by molar-refractivity contribution is 5.68. The van der Waals surface area contributed by atoms with Crippen molar-refractivity contribution in [1.29, 1.82) is 0 Å². The predicted molar refractivity (Wildman–Crippen MR) is 103 cm³/mol. The van der Waals surface area contributed by atoms with Gasteiger partial charge < -0.3 is 19.8 Å². The second-order valence-corrected chi connectivity index (χ2v) is 7.50. The van der Waals surface area contributed by atoms with E-state index in [1.54, 1.807) is 4.90 Å². The monoisotopic (exact) mass is 371 g/mol. The molecule has 1 unspecified atom stereocenters. The molecule has 0 fully saturated rings. The van der Waals surface area contributed by atoms with E-state index in [0.29, 0.717) is 6.42 Å². The summed E-state index contributed by atoms with van der Waals surface area (Å²) in [6.45, 7) is 7.77. The molecule has 1 atom stereocenters. The normalized spacial score (nSPS) is 13.0. The van der Waals surface area contributed by atoms with Gasteiger partial charge in [-0.3, -0.25) is 4.79 Å². The average molecular weight is 372 g/mol. The van der Waals surface area contributed by atoms with Crippen LogP contribution >= 0.6 is 0 Å². The van der Waals surface area contributed by atoms with Crippen LogP contribution in [0.3, 0.4) is 0 Å². The van der Waals surface area contributed by atoms with Crippen LogP contribution in [0.25, 0.3) is 0 Å². The van der Waals surface area contributed by atoms with E-state index in [2.05, 4.69) is 6.08 Å². The number of carboxylic acid groups (broad SMARTS) is 1. The van der Waals surface area contributed by atoms with Crippen LogP contribution in [0.2, 0.25) is 0 Å². The third-order valence-corrected chi connectivity index (χ3v) is 3.97. The highest BCUT2D eigenvalue weighted by Crippen LogP contribution is 2.18. The first-order valence-corrected chi connectivity index (χ1v) is 9.68. The molecular formula is C20H37NO5. The topological polar surface area (TPSA) is 87.1 Å². The van der Waals surface area contributed by atoms with E-state index in [1.165, 1.54) is 0 Å². The SMILES string of the molecule is CCC(CCCC/C=C/CCCC(=O)O)N(CCO)C(=O)OC(C)(C)C. The zero-order valence-corrected chi connectivity index (χ0v) is 16.9. The minimum atomic E-state index is -0.749. The summed E-state index contributed by atoms with van der Waals surface area (Å²) in [5, 5.41) is 17.8. The molecule has 0 saturated carbocycles. The number of ether oxygens (including phenoxy) is 1. The number of nitrogens with zero attached hydrogens (tertiary/aromatic N) is 1. The molecule has 0 aliphatic rings. The summed E-state index contributed by atoms with van der Waals surface area (Å²) in [5.74, 6) is -0.749. The van der Waals surface area contributed by atoms with Gasteiger partial charge in [0.25, 0.3) is 0 Å². The molecule has 0 bridgehead atoms. The molecule has 0 aliphatic heterocycles. The molecule has 0 aromatic carbocycles. The molecule has 0 heterocycles. The molecular weight excluding hydrogens is 334 g/mol. The molecule has 0 rings (SSSR count). The van der Waals surface area contributed by atoms with Crippen LogP contribution in [-0.2, 0) is 9.53 Å². The average Bonchev–Trinajstić information content (AvgIpc) is 2.53. The minimum absolute atomic E-state index is 0.0662. The number of rotatable bonds is 13. The molecule has 2 N–H and O–H groups in total. The third kappa shape index (κ3) is 12.8. The molecule has 0 aromatic heterocycles. The Morgan fingerprint density at radius 3 is 2.23 bits per heavy atom. The second-order valence-electron chi connectivity index (χ2n) is 7.50. The van der Waals surface area contributed by atoms with Crippen molar-refractivity contribution in [2.45, 2.75) is 90.7 Å². The number of unbranched alkanes of at least 4 members (excludes halogenated alkanes) is 3. The lowest BCUT2D eigenvalue weighted by Gasteiger charge is -2.33. The molecule has 0 aromatic rings. The largest absolute Gasteiger partial charge is 0.481 e. The Labute approximate surface area is 158 Å². The van der Waals surface area contributed by atoms with Crippen molar-refractivity contribution in [2.75, 3.05) is 13.2 Å². The number of allylic oxidation sites excluding steroid dienone is 2. The first-order chi connectivity index (χ1) is 12.2. The van der Waals surface area contributed by atoms with Gasteiger partial charge in [-0.25, -0.2) is 4.79 Å². The number of aliphatic carboxylic acids is 1. The van der Waals surface area contributed by atoms with E-state index in [1.807, 2.05) is 33.8 Å². The number of aliphatic hydroxyl groups excluding tert-OH is 1. The van der Waals surface area contributed by atoms with Crippen LogP contribution in [-0.4, -0.2) is 52.0 Å². The lowest BCUT2D eigenvalue weighted by Crippen LogP contribution is -2.44. The molecule has 0 radical (unpaired) electrons. The van der Waals surface area contributed by atoms with Crippen molar-refractivity contribution < 1.29 is 24.5 Å². The molecule has 0 saturated heterocycles. The molecule has 152 valence electrons. The van der Waals surface area contributed by atoms with Crippen molar-refractivity contribution in [3.8, 4) is 0 Å². The van der Waals surface area contributed by atoms with Gasteiger partial charge in [-0.05, 0) is 59.3 Å². The Hall–Kier alpha value is -1.56. The summed E-state index contributed by atoms with van der Waals surface area (Å²) in [6, 6.07) is 0.0662. The van der Waals surface area contributed by atoms with Crippen molar-refractivity contribution in [2.24, 2.45) is 0 Å². The summed E-state index contributed by atoms with van der Waals surface area (Å²) in [6.07, 6.45) is 10.1. The highest BCUT2D eigenvalue weighted by atomic mass is 16.6. The summed E-state index contributed by atoms with van der Waals surface area (Å²) >= 11 is 0. The van der Waals surface area contributed by atoms with Gasteiger partial charge in [-0.1, -0.05) is 25.5 Å². The Morgan fingerprint density at radius 1 is 1.12 bits per heavy atom. The van der Waals surface area contributed by atoms with Crippen LogP contribution in [0.4, 0.5) is 4.79 Å². The predicted octanol–water partition coefficient (Wildman–Crippen LogP) is 4.37. The smallest absolute Gasteiger partial charge is 0.410 e. The number of carbonyl (C=O) groups excluding carboxylic acids is 1. The number of hydrogen-bond acceptors (Lipinski definition) is 4. The van der Waals surface area contributed by atoms with E-state index >= 15 is 0 Å². The Kier molecular flexibility index (Phi) is 12.8. The van der Waals surface area contributed by atoms with Gasteiger partial charge in [-0.15, -0.1) is 0 Å². The maximum Gasteiger partial charge on any atom is 0.410 e. The Morgan fingerprint density at radius 2 is 1.73 bits per heavy atom. The van der Waals surface area contributed by atoms with Crippen molar-refractivity contribution in [3.05, 3.63) is 12.2 Å². The molecule has 6 nitrogen and oxygen atoms in total. The van der Waals surface area contributed by atoms with Crippen molar-refractivity contribution in [1.82, 2.24) is 4.90 Å². The number of carboxylic acids is 1. The number of hydrogen-bond donors (Lipinski definition) is 2. The molecule has 26 heavy (non-hydrogen) atoms. The van der Waals surface area contributed by atoms with Crippen LogP contribution in [0.5, 0.6) is 0 Å². The second kappa shape index (κ2) is 13.6. The van der Waals surface area contributed by atoms with E-state index in [0.717, 1.165) is 38.5 Å². The zero-order valence-electron chi connectivity index (χ0n) is 16.9. The number of carbonyl (C=O) groups is 2. The van der Waals surface area contributed by atoms with Crippen molar-refractivity contribution in [3.63, 3.8) is 0 Å². The fourth-order valence-corrected chi connectivity index (χ4v) is 2.68. The lowest BCUT2D eigenvalue weighted by molar-refractivity contribution is -0.137. The van der Waals surface area contributed by atoms with Gasteiger partial charge >= 0.3 is 12.1 Å². The van der Waals surface area contributed by atoms with E-state index < -0.39 is 11.6 Å². The summed E-state index contributed by atoms with van der Waals surface area (Å²) < 4.78 is 5.46. The fourth-order valence-electron chi connectivity index (χ4n) is 2.68. The summed E-state index contributed by atoms with van der Waals surface area (Å²) in [5.41, 5.74) is -0.547. The fraction of sp³-hybridized carbons (Fsp3) is 0.800. The molecule has 1 amide bonds. The molecule has 0 spiro atoms. The van der Waals surface area contributed by atoms with Gasteiger partial charge in [0.05, 0.1) is 6.61 Å². The zero-order chi connectivity index (χ0) is 20.0. The van der Waals surface area contributed by atoms with Crippen LogP contribution < -0.4 is 0 Å². The van der Waals surface area contributed by atoms with E-state index in [4.69, 9.17) is 9.84 Å². The lowest BCUT2D eigenvalue weighted by atomic mass is 10.0. The minimum Gasteiger partial charge on any atom is -0.481 e. The van der Waals surface area contributed by atoms with Crippen molar-refractivity contribution >= 4 is 12.1 Å². The maximum atomic E-state index is 12.4. The number of amides is 1. The molecule has 6 heteroatoms. The van der Waals surface area contributed by atoms with Crippen LogP contribution in [0.15, 0.2) is 12.2 Å². The Bertz CT molecular complexity index is 428. The summed E-state index contributed by atoms with van der Waals surface area (Å²) in [7, 11) is 0. The van der Waals surface area contributed by atoms with Crippen LogP contribution in [0, 0.1) is 0 Å². The molecule has 0 aliphatic carbocycles. The van der Waals surface area contributed by atoms with Gasteiger partial charge in [0.2, 0.25) is 0 Å².